The molecular formula is C22H30N4O4S. The van der Waals surface area contributed by atoms with Crippen molar-refractivity contribution in [2.45, 2.75) is 19.3 Å². The summed E-state index contributed by atoms with van der Waals surface area (Å²) in [6.07, 6.45) is 3.14. The van der Waals surface area contributed by atoms with E-state index in [2.05, 4.69) is 15.2 Å². The van der Waals surface area contributed by atoms with Gasteiger partial charge in [-0.2, -0.15) is 4.31 Å². The van der Waals surface area contributed by atoms with Crippen molar-refractivity contribution in [3.05, 3.63) is 54.2 Å². The van der Waals surface area contributed by atoms with Gasteiger partial charge in [0, 0.05) is 45.3 Å². The molecule has 1 N–H and O–H groups in total. The first-order valence-corrected chi connectivity index (χ1v) is 12.1. The Kier molecular flexibility index (Phi) is 8.25. The Morgan fingerprint density at radius 1 is 1.10 bits per heavy atom. The van der Waals surface area contributed by atoms with Gasteiger partial charge in [0.05, 0.1) is 12.9 Å². The highest BCUT2D eigenvalue weighted by Crippen LogP contribution is 2.15. The summed E-state index contributed by atoms with van der Waals surface area (Å²) in [5.41, 5.74) is 1.06. The lowest BCUT2D eigenvalue weighted by Gasteiger charge is -2.34. The number of hydrogen-bond donors (Lipinski definition) is 1. The number of carbonyl (C=O) groups excluding carboxylic acids is 1. The highest BCUT2D eigenvalue weighted by Gasteiger charge is 2.26. The van der Waals surface area contributed by atoms with Crippen LogP contribution in [-0.4, -0.2) is 69.2 Å². The second-order valence-corrected chi connectivity index (χ2v) is 9.53. The number of pyridine rings is 1. The van der Waals surface area contributed by atoms with E-state index in [1.807, 2.05) is 42.5 Å². The van der Waals surface area contributed by atoms with Crippen LogP contribution >= 0.6 is 0 Å². The standard InChI is InChI=1S/C22H30N4O4S/c1-30-20-9-6-19(7-10-20)8-11-22(27)24-13-4-18-31(28,29)26-16-14-25(15-17-26)21-5-2-3-12-23-21/h2-3,5-7,9-10,12H,4,8,11,13-18H2,1H3,(H,24,27). The molecule has 0 saturated carbocycles. The van der Waals surface area contributed by atoms with Crippen LogP contribution in [0.15, 0.2) is 48.7 Å². The minimum Gasteiger partial charge on any atom is -0.497 e. The number of carbonyl (C=O) groups is 1. The second kappa shape index (κ2) is 11.1. The van der Waals surface area contributed by atoms with Gasteiger partial charge < -0.3 is 15.0 Å². The predicted molar refractivity (Wildman–Crippen MR) is 121 cm³/mol. The van der Waals surface area contributed by atoms with Crippen molar-refractivity contribution in [2.75, 3.05) is 50.5 Å². The fourth-order valence-electron chi connectivity index (χ4n) is 3.49. The second-order valence-electron chi connectivity index (χ2n) is 7.44. The molecule has 0 aliphatic carbocycles. The summed E-state index contributed by atoms with van der Waals surface area (Å²) in [6, 6.07) is 13.3. The van der Waals surface area contributed by atoms with Crippen molar-refractivity contribution < 1.29 is 17.9 Å². The molecule has 1 aromatic heterocycles. The lowest BCUT2D eigenvalue weighted by atomic mass is 10.1. The van der Waals surface area contributed by atoms with Crippen LogP contribution in [0, 0.1) is 0 Å². The van der Waals surface area contributed by atoms with Crippen molar-refractivity contribution in [3.8, 4) is 5.75 Å². The van der Waals surface area contributed by atoms with E-state index >= 15 is 0 Å². The van der Waals surface area contributed by atoms with Crippen molar-refractivity contribution in [3.63, 3.8) is 0 Å². The van der Waals surface area contributed by atoms with Crippen LogP contribution < -0.4 is 15.0 Å². The predicted octanol–water partition coefficient (Wildman–Crippen LogP) is 1.68. The quantitative estimate of drug-likeness (QED) is 0.559. The molecule has 8 nitrogen and oxygen atoms in total. The van der Waals surface area contributed by atoms with Crippen molar-refractivity contribution in [2.24, 2.45) is 0 Å². The number of methoxy groups -OCH3 is 1. The Morgan fingerprint density at radius 3 is 2.48 bits per heavy atom. The number of amides is 1. The molecule has 2 heterocycles. The van der Waals surface area contributed by atoms with Crippen LogP contribution in [-0.2, 0) is 21.2 Å². The highest BCUT2D eigenvalue weighted by atomic mass is 32.2. The van der Waals surface area contributed by atoms with Gasteiger partial charge in [-0.15, -0.1) is 0 Å². The Balaban J connectivity index is 1.33. The van der Waals surface area contributed by atoms with E-state index in [0.29, 0.717) is 52.0 Å². The van der Waals surface area contributed by atoms with Crippen LogP contribution in [0.2, 0.25) is 0 Å². The van der Waals surface area contributed by atoms with Crippen LogP contribution in [0.1, 0.15) is 18.4 Å². The Morgan fingerprint density at radius 2 is 1.84 bits per heavy atom. The summed E-state index contributed by atoms with van der Waals surface area (Å²) >= 11 is 0. The molecule has 1 aromatic carbocycles. The van der Waals surface area contributed by atoms with Gasteiger partial charge in [-0.05, 0) is 42.7 Å². The van der Waals surface area contributed by atoms with Gasteiger partial charge in [-0.3, -0.25) is 4.79 Å². The number of nitrogens with one attached hydrogen (secondary N) is 1. The Labute approximate surface area is 184 Å². The fraction of sp³-hybridized carbons (Fsp3) is 0.455. The summed E-state index contributed by atoms with van der Waals surface area (Å²) in [5.74, 6) is 1.62. The first-order valence-electron chi connectivity index (χ1n) is 10.5. The van der Waals surface area contributed by atoms with Gasteiger partial charge in [0.25, 0.3) is 0 Å². The summed E-state index contributed by atoms with van der Waals surface area (Å²) in [4.78, 5) is 18.4. The van der Waals surface area contributed by atoms with Crippen LogP contribution in [0.4, 0.5) is 5.82 Å². The maximum absolute atomic E-state index is 12.6. The first kappa shape index (κ1) is 23.0. The Hall–Kier alpha value is -2.65. The lowest BCUT2D eigenvalue weighted by molar-refractivity contribution is -0.121. The average Bonchev–Trinajstić information content (AvgIpc) is 2.81. The van der Waals surface area contributed by atoms with Crippen LogP contribution in [0.5, 0.6) is 5.75 Å². The molecule has 0 bridgehead atoms. The molecule has 9 heteroatoms. The number of rotatable bonds is 10. The summed E-state index contributed by atoms with van der Waals surface area (Å²) < 4.78 is 31.9. The molecule has 0 unspecified atom stereocenters. The van der Waals surface area contributed by atoms with E-state index in [1.54, 1.807) is 13.3 Å². The third-order valence-corrected chi connectivity index (χ3v) is 7.26. The number of aromatic nitrogens is 1. The number of aryl methyl sites for hydroxylation is 1. The van der Waals surface area contributed by atoms with E-state index < -0.39 is 10.0 Å². The van der Waals surface area contributed by atoms with Crippen molar-refractivity contribution in [1.82, 2.24) is 14.6 Å². The SMILES string of the molecule is COc1ccc(CCC(=O)NCCCS(=O)(=O)N2CCN(c3ccccn3)CC2)cc1. The van der Waals surface area contributed by atoms with Crippen LogP contribution in [0.25, 0.3) is 0 Å². The molecule has 3 rings (SSSR count). The molecule has 1 saturated heterocycles. The first-order chi connectivity index (χ1) is 15.0. The topological polar surface area (TPSA) is 91.8 Å². The van der Waals surface area contributed by atoms with Gasteiger partial charge in [-0.25, -0.2) is 13.4 Å². The molecule has 0 atom stereocenters. The van der Waals surface area contributed by atoms with Crippen molar-refractivity contribution in [1.29, 1.82) is 0 Å². The molecule has 168 valence electrons. The molecule has 0 radical (unpaired) electrons. The summed E-state index contributed by atoms with van der Waals surface area (Å²) in [5, 5.41) is 2.82. The van der Waals surface area contributed by atoms with Gasteiger partial charge >= 0.3 is 0 Å². The van der Waals surface area contributed by atoms with Gasteiger partial charge in [0.15, 0.2) is 0 Å². The van der Waals surface area contributed by atoms with Crippen molar-refractivity contribution >= 4 is 21.7 Å². The number of piperazine rings is 1. The maximum Gasteiger partial charge on any atom is 0.220 e. The summed E-state index contributed by atoms with van der Waals surface area (Å²) in [6.45, 7) is 2.51. The molecule has 1 aliphatic heterocycles. The molecule has 31 heavy (non-hydrogen) atoms. The van der Waals surface area contributed by atoms with E-state index in [9.17, 15) is 13.2 Å². The van der Waals surface area contributed by atoms with E-state index in [-0.39, 0.29) is 11.7 Å². The third kappa shape index (κ3) is 6.93. The molecule has 1 fully saturated rings. The molecule has 0 spiro atoms. The molecular weight excluding hydrogens is 416 g/mol. The summed E-state index contributed by atoms with van der Waals surface area (Å²) in [7, 11) is -1.71. The molecule has 1 aliphatic rings. The average molecular weight is 447 g/mol. The number of nitrogens with zero attached hydrogens (tertiary/aromatic N) is 3. The third-order valence-electron chi connectivity index (χ3n) is 5.31. The zero-order valence-electron chi connectivity index (χ0n) is 17.9. The fourth-order valence-corrected chi connectivity index (χ4v) is 4.97. The highest BCUT2D eigenvalue weighted by molar-refractivity contribution is 7.89. The zero-order valence-corrected chi connectivity index (χ0v) is 18.7. The van der Waals surface area contributed by atoms with E-state index in [0.717, 1.165) is 17.1 Å². The Bertz CT molecular complexity index is 928. The normalized spacial score (nSPS) is 14.9. The van der Waals surface area contributed by atoms with Gasteiger partial charge in [-0.1, -0.05) is 18.2 Å². The minimum absolute atomic E-state index is 0.0371. The number of ether oxygens (including phenoxy) is 1. The van der Waals surface area contributed by atoms with Crippen LogP contribution in [0.3, 0.4) is 0 Å². The van der Waals surface area contributed by atoms with Gasteiger partial charge in [0.1, 0.15) is 11.6 Å². The zero-order chi connectivity index (χ0) is 22.1. The lowest BCUT2D eigenvalue weighted by Crippen LogP contribution is -2.49. The van der Waals surface area contributed by atoms with E-state index in [1.165, 1.54) is 4.31 Å². The number of sulfonamides is 1. The minimum atomic E-state index is -3.33. The largest absolute Gasteiger partial charge is 0.497 e. The molecule has 1 amide bonds. The number of anilines is 1. The monoisotopic (exact) mass is 446 g/mol. The maximum atomic E-state index is 12.6. The van der Waals surface area contributed by atoms with Gasteiger partial charge in [0.2, 0.25) is 15.9 Å². The van der Waals surface area contributed by atoms with E-state index in [4.69, 9.17) is 4.74 Å². The molecule has 2 aromatic rings. The number of hydrogen-bond acceptors (Lipinski definition) is 6. The smallest absolute Gasteiger partial charge is 0.220 e. The number of benzene rings is 1.